The lowest BCUT2D eigenvalue weighted by atomic mass is 9.64. The van der Waals surface area contributed by atoms with Gasteiger partial charge in [0.15, 0.2) is 0 Å². The first-order valence-electron chi connectivity index (χ1n) is 7.08. The monoisotopic (exact) mass is 271 g/mol. The first-order valence-corrected chi connectivity index (χ1v) is 7.08. The van der Waals surface area contributed by atoms with Crippen LogP contribution in [0.1, 0.15) is 26.0 Å². The number of aromatic nitrogens is 2. The number of para-hydroxylation sites is 2. The van der Waals surface area contributed by atoms with E-state index >= 15 is 0 Å². The Morgan fingerprint density at radius 3 is 2.75 bits per heavy atom. The Hall–Kier alpha value is -1.52. The lowest BCUT2D eigenvalue weighted by Crippen LogP contribution is -2.60. The molecule has 1 fully saturated rings. The van der Waals surface area contributed by atoms with Gasteiger partial charge in [0.25, 0.3) is 0 Å². The third-order valence-electron chi connectivity index (χ3n) is 4.49. The summed E-state index contributed by atoms with van der Waals surface area (Å²) in [6.07, 6.45) is 3.27. The molecule has 3 rings (SSSR count). The first-order chi connectivity index (χ1) is 9.61. The van der Waals surface area contributed by atoms with Crippen LogP contribution in [0.25, 0.3) is 11.0 Å². The van der Waals surface area contributed by atoms with E-state index in [9.17, 15) is 0 Å². The standard InChI is InChI=1S/C16H21N3O/c1-16(2)14(8-15(16)20-3)18-10-11-9-17-12-6-4-5-7-13(12)19-11/h4-7,9,14-15,18H,8,10H2,1-3H3. The SMILES string of the molecule is COC1CC(NCc2cnc3ccccc3n2)C1(C)C. The normalized spacial score (nSPS) is 24.6. The predicted molar refractivity (Wildman–Crippen MR) is 79.4 cm³/mol. The van der Waals surface area contributed by atoms with E-state index in [-0.39, 0.29) is 5.41 Å². The molecule has 4 nitrogen and oxygen atoms in total. The minimum Gasteiger partial charge on any atom is -0.381 e. The molecule has 0 bridgehead atoms. The van der Waals surface area contributed by atoms with Crippen LogP contribution in [0.2, 0.25) is 0 Å². The second-order valence-corrected chi connectivity index (χ2v) is 6.06. The summed E-state index contributed by atoms with van der Waals surface area (Å²) < 4.78 is 5.47. The van der Waals surface area contributed by atoms with Gasteiger partial charge in [-0.1, -0.05) is 26.0 Å². The fourth-order valence-corrected chi connectivity index (χ4v) is 2.94. The van der Waals surface area contributed by atoms with Crippen molar-refractivity contribution >= 4 is 11.0 Å². The molecule has 1 aromatic heterocycles. The van der Waals surface area contributed by atoms with E-state index in [4.69, 9.17) is 4.74 Å². The van der Waals surface area contributed by atoms with Crippen LogP contribution in [0.4, 0.5) is 0 Å². The van der Waals surface area contributed by atoms with Crippen LogP contribution < -0.4 is 5.32 Å². The van der Waals surface area contributed by atoms with Gasteiger partial charge < -0.3 is 10.1 Å². The molecule has 1 N–H and O–H groups in total. The van der Waals surface area contributed by atoms with Crippen molar-refractivity contribution in [1.82, 2.24) is 15.3 Å². The number of methoxy groups -OCH3 is 1. The number of nitrogens with zero attached hydrogens (tertiary/aromatic N) is 2. The second-order valence-electron chi connectivity index (χ2n) is 6.06. The predicted octanol–water partition coefficient (Wildman–Crippen LogP) is 2.53. The Balaban J connectivity index is 1.66. The summed E-state index contributed by atoms with van der Waals surface area (Å²) in [5.74, 6) is 0. The van der Waals surface area contributed by atoms with Gasteiger partial charge in [-0.2, -0.15) is 0 Å². The van der Waals surface area contributed by atoms with Gasteiger partial charge in [0.1, 0.15) is 0 Å². The van der Waals surface area contributed by atoms with Crippen molar-refractivity contribution in [2.75, 3.05) is 7.11 Å². The molecule has 1 aliphatic carbocycles. The second kappa shape index (κ2) is 5.11. The lowest BCUT2D eigenvalue weighted by Gasteiger charge is -2.51. The van der Waals surface area contributed by atoms with Gasteiger partial charge in [0.05, 0.1) is 29.0 Å². The average Bonchev–Trinajstić information content (AvgIpc) is 2.46. The zero-order valence-corrected chi connectivity index (χ0v) is 12.3. The molecule has 2 unspecified atom stereocenters. The van der Waals surface area contributed by atoms with Crippen molar-refractivity contribution < 1.29 is 4.74 Å². The number of benzene rings is 1. The summed E-state index contributed by atoms with van der Waals surface area (Å²) >= 11 is 0. The highest BCUT2D eigenvalue weighted by molar-refractivity contribution is 5.73. The summed E-state index contributed by atoms with van der Waals surface area (Å²) in [4.78, 5) is 9.08. The fourth-order valence-electron chi connectivity index (χ4n) is 2.94. The number of rotatable bonds is 4. The third-order valence-corrected chi connectivity index (χ3v) is 4.49. The van der Waals surface area contributed by atoms with Crippen molar-refractivity contribution in [3.63, 3.8) is 0 Å². The summed E-state index contributed by atoms with van der Waals surface area (Å²) in [6.45, 7) is 5.24. The molecular weight excluding hydrogens is 250 g/mol. The van der Waals surface area contributed by atoms with E-state index in [1.807, 2.05) is 30.5 Å². The molecule has 4 heteroatoms. The number of hydrogen-bond donors (Lipinski definition) is 1. The zero-order chi connectivity index (χ0) is 14.2. The quantitative estimate of drug-likeness (QED) is 0.928. The van der Waals surface area contributed by atoms with E-state index < -0.39 is 0 Å². The highest BCUT2D eigenvalue weighted by Crippen LogP contribution is 2.42. The molecule has 0 radical (unpaired) electrons. The van der Waals surface area contributed by atoms with E-state index in [1.54, 1.807) is 7.11 Å². The van der Waals surface area contributed by atoms with Crippen LogP contribution in [0, 0.1) is 5.41 Å². The summed E-state index contributed by atoms with van der Waals surface area (Å²) in [7, 11) is 1.79. The van der Waals surface area contributed by atoms with Gasteiger partial charge in [-0.3, -0.25) is 4.98 Å². The van der Waals surface area contributed by atoms with Crippen LogP contribution in [0.3, 0.4) is 0 Å². The number of hydrogen-bond acceptors (Lipinski definition) is 4. The molecule has 0 aliphatic heterocycles. The Morgan fingerprint density at radius 2 is 2.05 bits per heavy atom. The number of ether oxygens (including phenoxy) is 1. The van der Waals surface area contributed by atoms with Gasteiger partial charge in [0.2, 0.25) is 0 Å². The summed E-state index contributed by atoms with van der Waals surface area (Å²) in [6, 6.07) is 8.43. The largest absolute Gasteiger partial charge is 0.381 e. The van der Waals surface area contributed by atoms with Crippen LogP contribution in [-0.2, 0) is 11.3 Å². The van der Waals surface area contributed by atoms with Crippen LogP contribution in [0.15, 0.2) is 30.5 Å². The molecule has 0 amide bonds. The van der Waals surface area contributed by atoms with Crippen molar-refractivity contribution in [3.8, 4) is 0 Å². The molecule has 1 heterocycles. The highest BCUT2D eigenvalue weighted by Gasteiger charge is 2.48. The molecule has 0 saturated heterocycles. The van der Waals surface area contributed by atoms with Gasteiger partial charge in [-0.25, -0.2) is 4.98 Å². The topological polar surface area (TPSA) is 47.0 Å². The molecule has 1 aromatic carbocycles. The molecular formula is C16H21N3O. The van der Waals surface area contributed by atoms with Gasteiger partial charge >= 0.3 is 0 Å². The van der Waals surface area contributed by atoms with Crippen LogP contribution in [0.5, 0.6) is 0 Å². The first kappa shape index (κ1) is 13.5. The molecule has 0 spiro atoms. The third kappa shape index (κ3) is 2.30. The fraction of sp³-hybridized carbons (Fsp3) is 0.500. The minimum atomic E-state index is 0.180. The Labute approximate surface area is 119 Å². The van der Waals surface area contributed by atoms with Gasteiger partial charge in [-0.05, 0) is 18.6 Å². The summed E-state index contributed by atoms with van der Waals surface area (Å²) in [5.41, 5.74) is 3.06. The van der Waals surface area contributed by atoms with E-state index in [1.165, 1.54) is 0 Å². The Bertz CT molecular complexity index is 611. The lowest BCUT2D eigenvalue weighted by molar-refractivity contribution is -0.0979. The van der Waals surface area contributed by atoms with E-state index in [0.717, 1.165) is 29.7 Å². The number of nitrogens with one attached hydrogen (secondary N) is 1. The Kier molecular flexibility index (Phi) is 3.44. The smallest absolute Gasteiger partial charge is 0.0890 e. The maximum absolute atomic E-state index is 5.47. The maximum Gasteiger partial charge on any atom is 0.0890 e. The molecule has 106 valence electrons. The van der Waals surface area contributed by atoms with Crippen LogP contribution >= 0.6 is 0 Å². The zero-order valence-electron chi connectivity index (χ0n) is 12.3. The van der Waals surface area contributed by atoms with E-state index in [0.29, 0.717) is 12.1 Å². The average molecular weight is 271 g/mol. The van der Waals surface area contributed by atoms with Crippen molar-refractivity contribution in [2.24, 2.45) is 5.41 Å². The highest BCUT2D eigenvalue weighted by atomic mass is 16.5. The minimum absolute atomic E-state index is 0.180. The van der Waals surface area contributed by atoms with E-state index in [2.05, 4.69) is 29.1 Å². The Morgan fingerprint density at radius 1 is 1.30 bits per heavy atom. The molecule has 2 aromatic rings. The molecule has 1 saturated carbocycles. The maximum atomic E-state index is 5.47. The van der Waals surface area contributed by atoms with Gasteiger partial charge in [0, 0.05) is 25.1 Å². The van der Waals surface area contributed by atoms with Crippen molar-refractivity contribution in [1.29, 1.82) is 0 Å². The summed E-state index contributed by atoms with van der Waals surface area (Å²) in [5, 5.41) is 3.57. The molecule has 2 atom stereocenters. The molecule has 1 aliphatic rings. The molecule has 20 heavy (non-hydrogen) atoms. The van der Waals surface area contributed by atoms with Crippen LogP contribution in [-0.4, -0.2) is 29.2 Å². The number of fused-ring (bicyclic) bond motifs is 1. The van der Waals surface area contributed by atoms with Crippen molar-refractivity contribution in [3.05, 3.63) is 36.2 Å². The van der Waals surface area contributed by atoms with Crippen molar-refractivity contribution in [2.45, 2.75) is 39.0 Å². The van der Waals surface area contributed by atoms with Gasteiger partial charge in [-0.15, -0.1) is 0 Å².